The monoisotopic (exact) mass is 318 g/mol. The summed E-state index contributed by atoms with van der Waals surface area (Å²) in [4.78, 5) is 11.8. The fourth-order valence-electron chi connectivity index (χ4n) is 3.03. The van der Waals surface area contributed by atoms with Crippen LogP contribution in [-0.2, 0) is 14.3 Å². The summed E-state index contributed by atoms with van der Waals surface area (Å²) in [5, 5.41) is 0. The molecule has 0 heterocycles. The van der Waals surface area contributed by atoms with Gasteiger partial charge < -0.3 is 14.2 Å². The summed E-state index contributed by atoms with van der Waals surface area (Å²) in [7, 11) is 2.80. The molecule has 0 aliphatic heterocycles. The Morgan fingerprint density at radius 1 is 1.13 bits per heavy atom. The number of benzene rings is 1. The number of carbonyl (C=O) groups is 1. The molecule has 0 spiro atoms. The van der Waals surface area contributed by atoms with Gasteiger partial charge in [-0.15, -0.1) is 0 Å². The summed E-state index contributed by atoms with van der Waals surface area (Å²) < 4.78 is 15.4. The molecule has 4 nitrogen and oxygen atoms in total. The average Bonchev–Trinajstić information content (AvgIpc) is 2.85. The second-order valence-corrected chi connectivity index (χ2v) is 6.02. The number of esters is 1. The summed E-state index contributed by atoms with van der Waals surface area (Å²) in [5.41, 5.74) is 2.27. The van der Waals surface area contributed by atoms with Crippen molar-refractivity contribution >= 4 is 5.97 Å². The third-order valence-corrected chi connectivity index (χ3v) is 4.37. The van der Waals surface area contributed by atoms with E-state index in [4.69, 9.17) is 14.2 Å². The zero-order valence-corrected chi connectivity index (χ0v) is 14.3. The molecule has 1 fully saturated rings. The van der Waals surface area contributed by atoms with E-state index in [-0.39, 0.29) is 5.76 Å². The molecule has 0 aromatic heterocycles. The van der Waals surface area contributed by atoms with Crippen LogP contribution in [0.2, 0.25) is 0 Å². The minimum Gasteiger partial charge on any atom is -0.500 e. The number of aryl methyl sites for hydroxylation is 1. The average molecular weight is 318 g/mol. The first kappa shape index (κ1) is 17.4. The van der Waals surface area contributed by atoms with Crippen molar-refractivity contribution < 1.29 is 19.0 Å². The molecule has 0 amide bonds. The standard InChI is InChI=1S/C19H26O4/c1-14-10-11-16(15-8-6-4-5-7-9-15)12-17(14)23-18(13-21-2)19(20)22-3/h10-13,15H,4-9H2,1-3H3/b18-13-. The first-order valence-corrected chi connectivity index (χ1v) is 8.25. The number of hydrogen-bond acceptors (Lipinski definition) is 4. The second-order valence-electron chi connectivity index (χ2n) is 6.02. The molecular formula is C19H26O4. The lowest BCUT2D eigenvalue weighted by Gasteiger charge is -2.17. The van der Waals surface area contributed by atoms with Crippen LogP contribution >= 0.6 is 0 Å². The van der Waals surface area contributed by atoms with E-state index in [2.05, 4.69) is 18.2 Å². The number of methoxy groups -OCH3 is 2. The van der Waals surface area contributed by atoms with Crippen molar-refractivity contribution in [2.45, 2.75) is 51.4 Å². The fraction of sp³-hybridized carbons (Fsp3) is 0.526. The first-order valence-electron chi connectivity index (χ1n) is 8.25. The summed E-state index contributed by atoms with van der Waals surface area (Å²) in [5.74, 6) is 0.760. The van der Waals surface area contributed by atoms with Gasteiger partial charge in [0.05, 0.1) is 14.2 Å². The van der Waals surface area contributed by atoms with E-state index in [1.807, 2.05) is 6.92 Å². The third-order valence-electron chi connectivity index (χ3n) is 4.37. The predicted octanol–water partition coefficient (Wildman–Crippen LogP) is 4.47. The molecule has 1 aliphatic rings. The lowest BCUT2D eigenvalue weighted by molar-refractivity contribution is -0.138. The van der Waals surface area contributed by atoms with Crippen LogP contribution in [0.4, 0.5) is 0 Å². The Kier molecular flexibility index (Phi) is 6.51. The molecule has 1 aliphatic carbocycles. The van der Waals surface area contributed by atoms with Gasteiger partial charge in [-0.3, -0.25) is 0 Å². The second kappa shape index (κ2) is 8.61. The molecule has 0 saturated heterocycles. The van der Waals surface area contributed by atoms with Gasteiger partial charge >= 0.3 is 5.97 Å². The van der Waals surface area contributed by atoms with Crippen molar-refractivity contribution in [3.8, 4) is 5.75 Å². The number of carbonyl (C=O) groups excluding carboxylic acids is 1. The molecule has 0 N–H and O–H groups in total. The summed E-state index contributed by atoms with van der Waals surface area (Å²) in [6, 6.07) is 6.28. The van der Waals surface area contributed by atoms with E-state index in [0.717, 1.165) is 5.56 Å². The molecule has 0 radical (unpaired) electrons. The Balaban J connectivity index is 2.22. The van der Waals surface area contributed by atoms with Crippen LogP contribution in [0.25, 0.3) is 0 Å². The minimum atomic E-state index is -0.550. The van der Waals surface area contributed by atoms with Gasteiger partial charge in [-0.1, -0.05) is 37.8 Å². The molecule has 4 heteroatoms. The molecule has 0 bridgehead atoms. The third kappa shape index (κ3) is 4.75. The summed E-state index contributed by atoms with van der Waals surface area (Å²) >= 11 is 0. The largest absolute Gasteiger partial charge is 0.500 e. The quantitative estimate of drug-likeness (QED) is 0.348. The Morgan fingerprint density at radius 2 is 1.83 bits per heavy atom. The first-order chi connectivity index (χ1) is 11.2. The van der Waals surface area contributed by atoms with Gasteiger partial charge in [-0.2, -0.15) is 0 Å². The van der Waals surface area contributed by atoms with Crippen molar-refractivity contribution in [1.29, 1.82) is 0 Å². The number of ether oxygens (including phenoxy) is 3. The van der Waals surface area contributed by atoms with E-state index >= 15 is 0 Å². The van der Waals surface area contributed by atoms with Crippen molar-refractivity contribution in [1.82, 2.24) is 0 Å². The fourth-order valence-corrected chi connectivity index (χ4v) is 3.03. The maximum Gasteiger partial charge on any atom is 0.377 e. The SMILES string of the molecule is CO/C=C(\Oc1cc(C2CCCCCC2)ccc1C)C(=O)OC. The lowest BCUT2D eigenvalue weighted by Crippen LogP contribution is -2.12. The van der Waals surface area contributed by atoms with Gasteiger partial charge in [0, 0.05) is 0 Å². The maximum absolute atomic E-state index is 11.8. The highest BCUT2D eigenvalue weighted by atomic mass is 16.6. The van der Waals surface area contributed by atoms with E-state index in [1.54, 1.807) is 0 Å². The molecule has 2 rings (SSSR count). The molecular weight excluding hydrogens is 292 g/mol. The molecule has 23 heavy (non-hydrogen) atoms. The van der Waals surface area contributed by atoms with Gasteiger partial charge in [-0.05, 0) is 42.9 Å². The number of rotatable bonds is 5. The van der Waals surface area contributed by atoms with Crippen LogP contribution in [0, 0.1) is 6.92 Å². The van der Waals surface area contributed by atoms with Crippen LogP contribution < -0.4 is 4.74 Å². The molecule has 1 saturated carbocycles. The highest BCUT2D eigenvalue weighted by molar-refractivity contribution is 5.86. The van der Waals surface area contributed by atoms with Crippen molar-refractivity contribution in [3.63, 3.8) is 0 Å². The molecule has 0 unspecified atom stereocenters. The van der Waals surface area contributed by atoms with Gasteiger partial charge in [0.2, 0.25) is 5.76 Å². The zero-order valence-electron chi connectivity index (χ0n) is 14.3. The van der Waals surface area contributed by atoms with Crippen molar-refractivity contribution in [2.24, 2.45) is 0 Å². The van der Waals surface area contributed by atoms with E-state index in [1.165, 1.54) is 64.6 Å². The zero-order chi connectivity index (χ0) is 16.7. The Hall–Kier alpha value is -1.97. The number of hydrogen-bond donors (Lipinski definition) is 0. The highest BCUT2D eigenvalue weighted by Gasteiger charge is 2.18. The molecule has 1 aromatic carbocycles. The van der Waals surface area contributed by atoms with E-state index < -0.39 is 5.97 Å². The van der Waals surface area contributed by atoms with Crippen molar-refractivity contribution in [2.75, 3.05) is 14.2 Å². The maximum atomic E-state index is 11.8. The predicted molar refractivity (Wildman–Crippen MR) is 89.4 cm³/mol. The Morgan fingerprint density at radius 3 is 2.43 bits per heavy atom. The van der Waals surface area contributed by atoms with Crippen LogP contribution in [0.3, 0.4) is 0 Å². The topological polar surface area (TPSA) is 44.8 Å². The summed E-state index contributed by atoms with van der Waals surface area (Å²) in [6.07, 6.45) is 8.94. The molecule has 1 aromatic rings. The van der Waals surface area contributed by atoms with Gasteiger partial charge in [0.15, 0.2) is 0 Å². The highest BCUT2D eigenvalue weighted by Crippen LogP contribution is 2.34. The lowest BCUT2D eigenvalue weighted by atomic mass is 9.91. The van der Waals surface area contributed by atoms with Crippen LogP contribution in [-0.4, -0.2) is 20.2 Å². The van der Waals surface area contributed by atoms with Gasteiger partial charge in [0.1, 0.15) is 12.0 Å². The van der Waals surface area contributed by atoms with E-state index in [0.29, 0.717) is 11.7 Å². The Bertz CT molecular complexity index is 554. The van der Waals surface area contributed by atoms with Crippen LogP contribution in [0.1, 0.15) is 55.6 Å². The van der Waals surface area contributed by atoms with Gasteiger partial charge in [0.25, 0.3) is 0 Å². The molecule has 126 valence electrons. The molecule has 0 atom stereocenters. The normalized spacial score (nSPS) is 16.6. The van der Waals surface area contributed by atoms with Crippen molar-refractivity contribution in [3.05, 3.63) is 41.3 Å². The van der Waals surface area contributed by atoms with Gasteiger partial charge in [-0.25, -0.2) is 4.79 Å². The van der Waals surface area contributed by atoms with Crippen LogP contribution in [0.5, 0.6) is 5.75 Å². The van der Waals surface area contributed by atoms with E-state index in [9.17, 15) is 4.79 Å². The smallest absolute Gasteiger partial charge is 0.377 e. The Labute approximate surface area is 138 Å². The van der Waals surface area contributed by atoms with Crippen LogP contribution in [0.15, 0.2) is 30.2 Å². The summed E-state index contributed by atoms with van der Waals surface area (Å²) in [6.45, 7) is 1.97. The minimum absolute atomic E-state index is 0.0520.